The molecular weight excluding hydrogens is 450 g/mol. The van der Waals surface area contributed by atoms with E-state index in [0.29, 0.717) is 31.6 Å². The molecular formula is C25H33N5O5. The molecule has 0 radical (unpaired) electrons. The van der Waals surface area contributed by atoms with Crippen molar-refractivity contribution in [3.05, 3.63) is 75.8 Å². The first kappa shape index (κ1) is 26.1. The molecule has 10 nitrogen and oxygen atoms in total. The van der Waals surface area contributed by atoms with E-state index in [1.54, 1.807) is 17.0 Å². The molecule has 1 aliphatic heterocycles. The second-order valence-electron chi connectivity index (χ2n) is 8.70. The molecule has 1 saturated heterocycles. The van der Waals surface area contributed by atoms with Crippen LogP contribution in [0.1, 0.15) is 11.1 Å². The molecule has 2 aromatic carbocycles. The molecule has 0 aromatic heterocycles. The first-order valence-corrected chi connectivity index (χ1v) is 11.8. The van der Waals surface area contributed by atoms with Gasteiger partial charge in [0.2, 0.25) is 5.91 Å². The van der Waals surface area contributed by atoms with E-state index in [9.17, 15) is 24.8 Å². The fourth-order valence-corrected chi connectivity index (χ4v) is 4.02. The molecule has 2 N–H and O–H groups in total. The quantitative estimate of drug-likeness (QED) is 0.391. The maximum absolute atomic E-state index is 13.4. The largest absolute Gasteiger partial charge is 0.395 e. The minimum Gasteiger partial charge on any atom is -0.395 e. The lowest BCUT2D eigenvalue weighted by molar-refractivity contribution is -0.384. The van der Waals surface area contributed by atoms with Crippen molar-refractivity contribution in [1.82, 2.24) is 20.0 Å². The highest BCUT2D eigenvalue weighted by Crippen LogP contribution is 2.15. The number of nitrogens with zero attached hydrogens (tertiary/aromatic N) is 4. The van der Waals surface area contributed by atoms with Gasteiger partial charge in [0.15, 0.2) is 0 Å². The van der Waals surface area contributed by atoms with Gasteiger partial charge >= 0.3 is 6.03 Å². The highest BCUT2D eigenvalue weighted by atomic mass is 16.6. The van der Waals surface area contributed by atoms with Crippen LogP contribution < -0.4 is 5.32 Å². The van der Waals surface area contributed by atoms with E-state index in [1.165, 1.54) is 17.0 Å². The molecule has 2 aromatic rings. The van der Waals surface area contributed by atoms with E-state index in [4.69, 9.17) is 0 Å². The molecule has 1 aliphatic rings. The molecule has 3 rings (SSSR count). The van der Waals surface area contributed by atoms with Gasteiger partial charge in [-0.15, -0.1) is 0 Å². The van der Waals surface area contributed by atoms with E-state index < -0.39 is 17.0 Å². The zero-order valence-corrected chi connectivity index (χ0v) is 20.0. The number of nitrogens with one attached hydrogen (secondary N) is 1. The fraction of sp³-hybridized carbons (Fsp3) is 0.440. The lowest BCUT2D eigenvalue weighted by atomic mass is 10.0. The Bertz CT molecular complexity index is 978. The number of aliphatic hydroxyl groups is 1. The third-order valence-electron chi connectivity index (χ3n) is 6.17. The lowest BCUT2D eigenvalue weighted by Crippen LogP contribution is -2.57. The van der Waals surface area contributed by atoms with Crippen molar-refractivity contribution < 1.29 is 19.6 Å². The van der Waals surface area contributed by atoms with Crippen molar-refractivity contribution >= 4 is 17.6 Å². The second-order valence-corrected chi connectivity index (χ2v) is 8.70. The Morgan fingerprint density at radius 2 is 1.69 bits per heavy atom. The molecule has 35 heavy (non-hydrogen) atoms. The molecule has 1 unspecified atom stereocenters. The van der Waals surface area contributed by atoms with Crippen LogP contribution in [0, 0.1) is 10.1 Å². The van der Waals surface area contributed by atoms with Gasteiger partial charge in [-0.25, -0.2) is 4.79 Å². The van der Waals surface area contributed by atoms with Gasteiger partial charge in [-0.3, -0.25) is 14.9 Å². The normalized spacial score (nSPS) is 14.9. The summed E-state index contributed by atoms with van der Waals surface area (Å²) in [6.07, 6.45) is 0.828. The maximum Gasteiger partial charge on any atom is 0.318 e. The van der Waals surface area contributed by atoms with Gasteiger partial charge in [0, 0.05) is 57.8 Å². The molecule has 0 saturated carbocycles. The van der Waals surface area contributed by atoms with Gasteiger partial charge in [0.25, 0.3) is 5.69 Å². The van der Waals surface area contributed by atoms with Crippen molar-refractivity contribution in [2.24, 2.45) is 0 Å². The summed E-state index contributed by atoms with van der Waals surface area (Å²) in [5.41, 5.74) is 1.75. The number of nitro benzene ring substituents is 1. The number of amides is 3. The Morgan fingerprint density at radius 1 is 1.03 bits per heavy atom. The van der Waals surface area contributed by atoms with Crippen LogP contribution in [0.5, 0.6) is 0 Å². The summed E-state index contributed by atoms with van der Waals surface area (Å²) in [7, 11) is 2.00. The number of likely N-dealkylation sites (N-methyl/N-ethyl adjacent to an activating group) is 1. The average molecular weight is 484 g/mol. The zero-order chi connectivity index (χ0) is 25.2. The molecule has 1 fully saturated rings. The number of rotatable bonds is 10. The number of benzene rings is 2. The number of carbonyl (C=O) groups is 2. The molecule has 3 amide bonds. The van der Waals surface area contributed by atoms with E-state index in [2.05, 4.69) is 10.2 Å². The van der Waals surface area contributed by atoms with Crippen molar-refractivity contribution in [3.8, 4) is 0 Å². The molecule has 188 valence electrons. The summed E-state index contributed by atoms with van der Waals surface area (Å²) in [6.45, 7) is 2.97. The molecule has 1 heterocycles. The molecule has 10 heteroatoms. The van der Waals surface area contributed by atoms with Crippen LogP contribution in [0.4, 0.5) is 10.5 Å². The first-order chi connectivity index (χ1) is 16.9. The summed E-state index contributed by atoms with van der Waals surface area (Å²) < 4.78 is 0. The number of piperazine rings is 1. The summed E-state index contributed by atoms with van der Waals surface area (Å²) in [5, 5.41) is 23.4. The third kappa shape index (κ3) is 7.76. The summed E-state index contributed by atoms with van der Waals surface area (Å²) in [6, 6.07) is 14.5. The summed E-state index contributed by atoms with van der Waals surface area (Å²) in [5.74, 6) is -0.184. The third-order valence-corrected chi connectivity index (χ3v) is 6.17. The van der Waals surface area contributed by atoms with Gasteiger partial charge in [-0.1, -0.05) is 42.5 Å². The number of nitro groups is 1. The van der Waals surface area contributed by atoms with Crippen LogP contribution in [0.15, 0.2) is 54.6 Å². The zero-order valence-electron chi connectivity index (χ0n) is 20.0. The molecule has 1 atom stereocenters. The first-order valence-electron chi connectivity index (χ1n) is 11.8. The monoisotopic (exact) mass is 483 g/mol. The van der Waals surface area contributed by atoms with Crippen LogP contribution in [0.25, 0.3) is 0 Å². The molecule has 0 spiro atoms. The van der Waals surface area contributed by atoms with Gasteiger partial charge < -0.3 is 25.1 Å². The van der Waals surface area contributed by atoms with Gasteiger partial charge in [0.05, 0.1) is 11.5 Å². The van der Waals surface area contributed by atoms with Crippen LogP contribution in [0.3, 0.4) is 0 Å². The van der Waals surface area contributed by atoms with Crippen molar-refractivity contribution in [2.45, 2.75) is 18.9 Å². The van der Waals surface area contributed by atoms with Crippen molar-refractivity contribution in [2.75, 3.05) is 52.9 Å². The summed E-state index contributed by atoms with van der Waals surface area (Å²) >= 11 is 0. The Hall–Kier alpha value is -3.50. The van der Waals surface area contributed by atoms with E-state index in [-0.39, 0.29) is 31.2 Å². The van der Waals surface area contributed by atoms with Crippen LogP contribution in [-0.4, -0.2) is 95.6 Å². The minimum absolute atomic E-state index is 0.0326. The number of hydrogen-bond donors (Lipinski definition) is 2. The lowest BCUT2D eigenvalue weighted by Gasteiger charge is -2.35. The van der Waals surface area contributed by atoms with Crippen LogP contribution >= 0.6 is 0 Å². The Morgan fingerprint density at radius 3 is 2.29 bits per heavy atom. The number of hydrogen-bond acceptors (Lipinski definition) is 6. The average Bonchev–Trinajstić information content (AvgIpc) is 2.87. The Labute approximate surface area is 205 Å². The molecule has 0 bridgehead atoms. The van der Waals surface area contributed by atoms with E-state index >= 15 is 0 Å². The smallest absolute Gasteiger partial charge is 0.318 e. The topological polar surface area (TPSA) is 119 Å². The van der Waals surface area contributed by atoms with E-state index in [0.717, 1.165) is 18.7 Å². The SMILES string of the molecule is CN1CCN(C(=O)C(Cc2ccc([N+](=O)[O-])cc2)NC(=O)N(CCO)CCc2ccccc2)CC1. The Balaban J connectivity index is 1.73. The highest BCUT2D eigenvalue weighted by Gasteiger charge is 2.29. The highest BCUT2D eigenvalue weighted by molar-refractivity contribution is 5.87. The van der Waals surface area contributed by atoms with Crippen molar-refractivity contribution in [1.29, 1.82) is 0 Å². The predicted molar refractivity (Wildman–Crippen MR) is 132 cm³/mol. The van der Waals surface area contributed by atoms with Crippen LogP contribution in [0.2, 0.25) is 0 Å². The standard InChI is InChI=1S/C25H33N5O5/c1-27-13-15-28(16-14-27)24(32)23(19-21-7-9-22(10-8-21)30(34)35)26-25(33)29(17-18-31)12-11-20-5-3-2-4-6-20/h2-10,23,31H,11-19H2,1H3,(H,26,33). The van der Waals surface area contributed by atoms with Crippen molar-refractivity contribution in [3.63, 3.8) is 0 Å². The second kappa shape index (κ2) is 12.8. The van der Waals surface area contributed by atoms with Gasteiger partial charge in [-0.2, -0.15) is 0 Å². The van der Waals surface area contributed by atoms with Crippen LogP contribution in [-0.2, 0) is 17.6 Å². The number of carbonyl (C=O) groups excluding carboxylic acids is 2. The maximum atomic E-state index is 13.4. The minimum atomic E-state index is -0.828. The summed E-state index contributed by atoms with van der Waals surface area (Å²) in [4.78, 5) is 42.5. The fourth-order valence-electron chi connectivity index (χ4n) is 4.02. The number of non-ortho nitro benzene ring substituents is 1. The Kier molecular flexibility index (Phi) is 9.56. The van der Waals surface area contributed by atoms with Gasteiger partial charge in [0.1, 0.15) is 6.04 Å². The number of urea groups is 1. The number of aliphatic hydroxyl groups excluding tert-OH is 1. The van der Waals surface area contributed by atoms with Gasteiger partial charge in [-0.05, 0) is 24.6 Å². The predicted octanol–water partition coefficient (Wildman–Crippen LogP) is 1.53. The molecule has 0 aliphatic carbocycles. The van der Waals surface area contributed by atoms with E-state index in [1.807, 2.05) is 37.4 Å².